The molecule has 0 unspecified atom stereocenters. The SMILES string of the molecule is CCOC(C)(C)CNc1cc(C)c(N)cn1. The van der Waals surface area contributed by atoms with Gasteiger partial charge in [-0.25, -0.2) is 4.98 Å². The zero-order chi connectivity index (χ0) is 12.2. The molecule has 4 nitrogen and oxygen atoms in total. The molecule has 1 aromatic heterocycles. The number of pyridine rings is 1. The zero-order valence-corrected chi connectivity index (χ0v) is 10.5. The molecule has 0 atom stereocenters. The molecule has 0 spiro atoms. The molecule has 0 amide bonds. The molecule has 3 N–H and O–H groups in total. The summed E-state index contributed by atoms with van der Waals surface area (Å²) in [7, 11) is 0. The second-order valence-electron chi connectivity index (χ2n) is 4.47. The summed E-state index contributed by atoms with van der Waals surface area (Å²) in [4.78, 5) is 4.21. The van der Waals surface area contributed by atoms with Crippen molar-refractivity contribution in [1.29, 1.82) is 0 Å². The molecule has 4 heteroatoms. The first-order chi connectivity index (χ1) is 7.44. The number of hydrogen-bond donors (Lipinski definition) is 2. The van der Waals surface area contributed by atoms with Gasteiger partial charge >= 0.3 is 0 Å². The lowest BCUT2D eigenvalue weighted by molar-refractivity contribution is 0.000642. The monoisotopic (exact) mass is 223 g/mol. The van der Waals surface area contributed by atoms with Crippen LogP contribution in [0.5, 0.6) is 0 Å². The Bertz CT molecular complexity index is 350. The average molecular weight is 223 g/mol. The van der Waals surface area contributed by atoms with Crippen molar-refractivity contribution in [3.05, 3.63) is 17.8 Å². The summed E-state index contributed by atoms with van der Waals surface area (Å²) >= 11 is 0. The number of nitrogen functional groups attached to an aromatic ring is 1. The van der Waals surface area contributed by atoms with Crippen LogP contribution in [0.3, 0.4) is 0 Å². The first-order valence-corrected chi connectivity index (χ1v) is 5.54. The summed E-state index contributed by atoms with van der Waals surface area (Å²) in [6, 6.07) is 1.94. The van der Waals surface area contributed by atoms with E-state index in [0.717, 1.165) is 23.6 Å². The Balaban J connectivity index is 2.57. The number of hydrogen-bond acceptors (Lipinski definition) is 4. The Hall–Kier alpha value is -1.29. The lowest BCUT2D eigenvalue weighted by Crippen LogP contribution is -2.33. The maximum absolute atomic E-state index is 5.70. The predicted molar refractivity (Wildman–Crippen MR) is 67.6 cm³/mol. The van der Waals surface area contributed by atoms with E-state index in [1.165, 1.54) is 0 Å². The minimum absolute atomic E-state index is 0.189. The van der Waals surface area contributed by atoms with Gasteiger partial charge in [0.05, 0.1) is 17.5 Å². The average Bonchev–Trinajstić information content (AvgIpc) is 2.20. The first kappa shape index (κ1) is 12.8. The lowest BCUT2D eigenvalue weighted by Gasteiger charge is -2.25. The van der Waals surface area contributed by atoms with Crippen molar-refractivity contribution in [3.63, 3.8) is 0 Å². The van der Waals surface area contributed by atoms with Crippen molar-refractivity contribution in [3.8, 4) is 0 Å². The lowest BCUT2D eigenvalue weighted by atomic mass is 10.1. The summed E-state index contributed by atoms with van der Waals surface area (Å²) in [6.07, 6.45) is 1.67. The van der Waals surface area contributed by atoms with E-state index in [-0.39, 0.29) is 5.60 Å². The highest BCUT2D eigenvalue weighted by Gasteiger charge is 2.17. The van der Waals surface area contributed by atoms with Crippen LogP contribution in [-0.2, 0) is 4.74 Å². The Kier molecular flexibility index (Phi) is 4.12. The minimum Gasteiger partial charge on any atom is -0.397 e. The Morgan fingerprint density at radius 2 is 2.19 bits per heavy atom. The molecular weight excluding hydrogens is 202 g/mol. The van der Waals surface area contributed by atoms with Gasteiger partial charge in [-0.2, -0.15) is 0 Å². The largest absolute Gasteiger partial charge is 0.397 e. The molecule has 0 saturated carbocycles. The molecule has 90 valence electrons. The van der Waals surface area contributed by atoms with Crippen LogP contribution in [-0.4, -0.2) is 23.7 Å². The number of aryl methyl sites for hydroxylation is 1. The molecule has 0 aliphatic carbocycles. The molecule has 1 heterocycles. The van der Waals surface area contributed by atoms with E-state index >= 15 is 0 Å². The van der Waals surface area contributed by atoms with E-state index in [4.69, 9.17) is 10.5 Å². The van der Waals surface area contributed by atoms with Crippen LogP contribution in [0.4, 0.5) is 11.5 Å². The highest BCUT2D eigenvalue weighted by molar-refractivity contribution is 5.50. The molecule has 0 radical (unpaired) electrons. The molecular formula is C12H21N3O. The van der Waals surface area contributed by atoms with E-state index in [1.54, 1.807) is 6.20 Å². The maximum Gasteiger partial charge on any atom is 0.126 e. The highest BCUT2D eigenvalue weighted by atomic mass is 16.5. The molecule has 1 aromatic rings. The van der Waals surface area contributed by atoms with E-state index in [1.807, 2.05) is 33.8 Å². The van der Waals surface area contributed by atoms with Gasteiger partial charge < -0.3 is 15.8 Å². The van der Waals surface area contributed by atoms with E-state index < -0.39 is 0 Å². The highest BCUT2D eigenvalue weighted by Crippen LogP contribution is 2.15. The number of nitrogens with two attached hydrogens (primary N) is 1. The quantitative estimate of drug-likeness (QED) is 0.803. The summed E-state index contributed by atoms with van der Waals surface area (Å²) in [5, 5.41) is 3.25. The standard InChI is InChI=1S/C12H21N3O/c1-5-16-12(3,4)8-15-11-6-9(2)10(13)7-14-11/h6-7H,5,8,13H2,1-4H3,(H,14,15). The van der Waals surface area contributed by atoms with Crippen molar-refractivity contribution in [1.82, 2.24) is 4.98 Å². The molecule has 0 aromatic carbocycles. The van der Waals surface area contributed by atoms with Gasteiger partial charge in [0, 0.05) is 13.2 Å². The van der Waals surface area contributed by atoms with Crippen LogP contribution in [0.15, 0.2) is 12.3 Å². The molecule has 16 heavy (non-hydrogen) atoms. The normalized spacial score (nSPS) is 11.5. The molecule has 1 rings (SSSR count). The Morgan fingerprint density at radius 3 is 2.75 bits per heavy atom. The minimum atomic E-state index is -0.189. The van der Waals surface area contributed by atoms with Crippen molar-refractivity contribution >= 4 is 11.5 Å². The number of ether oxygens (including phenoxy) is 1. The van der Waals surface area contributed by atoms with Gasteiger partial charge in [-0.1, -0.05) is 0 Å². The van der Waals surface area contributed by atoms with Crippen LogP contribution in [0.1, 0.15) is 26.3 Å². The smallest absolute Gasteiger partial charge is 0.126 e. The van der Waals surface area contributed by atoms with Gasteiger partial charge in [0.15, 0.2) is 0 Å². The van der Waals surface area contributed by atoms with Crippen LogP contribution in [0, 0.1) is 6.92 Å². The van der Waals surface area contributed by atoms with Gasteiger partial charge in [0.25, 0.3) is 0 Å². The van der Waals surface area contributed by atoms with E-state index in [0.29, 0.717) is 6.61 Å². The third-order valence-corrected chi connectivity index (χ3v) is 2.38. The Labute approximate surface area is 97.2 Å². The van der Waals surface area contributed by atoms with Crippen LogP contribution < -0.4 is 11.1 Å². The zero-order valence-electron chi connectivity index (χ0n) is 10.5. The van der Waals surface area contributed by atoms with Crippen LogP contribution >= 0.6 is 0 Å². The van der Waals surface area contributed by atoms with Gasteiger partial charge in [0.1, 0.15) is 5.82 Å². The topological polar surface area (TPSA) is 60.2 Å². The number of rotatable bonds is 5. The van der Waals surface area contributed by atoms with E-state index in [9.17, 15) is 0 Å². The predicted octanol–water partition coefficient (Wildman–Crippen LogP) is 2.20. The molecule has 0 aliphatic heterocycles. The summed E-state index contributed by atoms with van der Waals surface area (Å²) in [5.41, 5.74) is 7.27. The van der Waals surface area contributed by atoms with Crippen LogP contribution in [0.25, 0.3) is 0 Å². The van der Waals surface area contributed by atoms with Crippen molar-refractivity contribution in [2.75, 3.05) is 24.2 Å². The fourth-order valence-electron chi connectivity index (χ4n) is 1.41. The fourth-order valence-corrected chi connectivity index (χ4v) is 1.41. The molecule has 0 fully saturated rings. The molecule has 0 saturated heterocycles. The second-order valence-corrected chi connectivity index (χ2v) is 4.47. The van der Waals surface area contributed by atoms with E-state index in [2.05, 4.69) is 10.3 Å². The summed E-state index contributed by atoms with van der Waals surface area (Å²) in [5.74, 6) is 0.833. The number of nitrogens with zero attached hydrogens (tertiary/aromatic N) is 1. The van der Waals surface area contributed by atoms with Crippen molar-refractivity contribution in [2.45, 2.75) is 33.3 Å². The van der Waals surface area contributed by atoms with Gasteiger partial charge in [-0.15, -0.1) is 0 Å². The van der Waals surface area contributed by atoms with Crippen LogP contribution in [0.2, 0.25) is 0 Å². The summed E-state index contributed by atoms with van der Waals surface area (Å²) in [6.45, 7) is 9.49. The summed E-state index contributed by atoms with van der Waals surface area (Å²) < 4.78 is 5.59. The third kappa shape index (κ3) is 3.70. The first-order valence-electron chi connectivity index (χ1n) is 5.54. The van der Waals surface area contributed by atoms with Gasteiger partial charge in [-0.3, -0.25) is 0 Å². The fraction of sp³-hybridized carbons (Fsp3) is 0.583. The Morgan fingerprint density at radius 1 is 1.50 bits per heavy atom. The second kappa shape index (κ2) is 5.16. The number of aromatic nitrogens is 1. The van der Waals surface area contributed by atoms with Crippen molar-refractivity contribution in [2.24, 2.45) is 0 Å². The van der Waals surface area contributed by atoms with Gasteiger partial charge in [-0.05, 0) is 39.3 Å². The third-order valence-electron chi connectivity index (χ3n) is 2.38. The maximum atomic E-state index is 5.70. The number of anilines is 2. The van der Waals surface area contributed by atoms with Gasteiger partial charge in [0.2, 0.25) is 0 Å². The molecule has 0 aliphatic rings. The van der Waals surface area contributed by atoms with Crippen molar-refractivity contribution < 1.29 is 4.74 Å². The number of nitrogens with one attached hydrogen (secondary N) is 1. The molecule has 0 bridgehead atoms.